The van der Waals surface area contributed by atoms with Crippen LogP contribution in [0.1, 0.15) is 12.8 Å². The average Bonchev–Trinajstić information content (AvgIpc) is 2.46. The molecule has 0 saturated carbocycles. The third-order valence-electron chi connectivity index (χ3n) is 2.68. The van der Waals surface area contributed by atoms with Crippen molar-refractivity contribution >= 4 is 27.5 Å². The lowest BCUT2D eigenvalue weighted by Gasteiger charge is -2.15. The highest BCUT2D eigenvalue weighted by Crippen LogP contribution is 2.29. The van der Waals surface area contributed by atoms with Gasteiger partial charge in [0.15, 0.2) is 0 Å². The zero-order valence-corrected chi connectivity index (χ0v) is 13.0. The summed E-state index contributed by atoms with van der Waals surface area (Å²) < 4.78 is 5.97. The molecule has 1 aromatic carbocycles. The Morgan fingerprint density at radius 2 is 2.29 bits per heavy atom. The highest BCUT2D eigenvalue weighted by Gasteiger charge is 2.12. The third-order valence-corrected chi connectivity index (χ3v) is 3.34. The van der Waals surface area contributed by atoms with Crippen LogP contribution in [0.4, 0.5) is 5.69 Å². The number of nitro groups is 1. The molecule has 1 rings (SSSR count). The van der Waals surface area contributed by atoms with Gasteiger partial charge in [0.05, 0.1) is 41.0 Å². The molecule has 0 atom stereocenters. The van der Waals surface area contributed by atoms with Crippen LogP contribution in [-0.2, 0) is 4.79 Å². The Kier molecular flexibility index (Phi) is 6.62. The van der Waals surface area contributed by atoms with Gasteiger partial charge in [0.25, 0.3) is 5.69 Å². The second-order valence-electron chi connectivity index (χ2n) is 4.19. The number of nitrogens with zero attached hydrogens (tertiary/aromatic N) is 3. The predicted molar refractivity (Wildman–Crippen MR) is 78.8 cm³/mol. The van der Waals surface area contributed by atoms with Crippen molar-refractivity contribution in [3.8, 4) is 11.8 Å². The fraction of sp³-hybridized carbons (Fsp3) is 0.385. The van der Waals surface area contributed by atoms with Crippen LogP contribution in [0.2, 0.25) is 0 Å². The molecular formula is C13H14BrN3O4. The number of non-ortho nitro benzene ring substituents is 1. The number of ether oxygens (including phenoxy) is 1. The van der Waals surface area contributed by atoms with Crippen LogP contribution in [0.25, 0.3) is 0 Å². The molecule has 21 heavy (non-hydrogen) atoms. The normalized spacial score (nSPS) is 9.76. The van der Waals surface area contributed by atoms with E-state index in [0.29, 0.717) is 16.8 Å². The van der Waals surface area contributed by atoms with Crippen LogP contribution in [0.3, 0.4) is 0 Å². The summed E-state index contributed by atoms with van der Waals surface area (Å²) in [5, 5.41) is 19.1. The fourth-order valence-electron chi connectivity index (χ4n) is 1.50. The van der Waals surface area contributed by atoms with E-state index in [1.807, 2.05) is 6.07 Å². The van der Waals surface area contributed by atoms with Gasteiger partial charge in [-0.15, -0.1) is 0 Å². The smallest absolute Gasteiger partial charge is 0.273 e. The molecule has 0 bridgehead atoms. The Morgan fingerprint density at radius 3 is 2.90 bits per heavy atom. The molecule has 0 radical (unpaired) electrons. The molecular weight excluding hydrogens is 342 g/mol. The molecule has 7 nitrogen and oxygen atoms in total. The molecule has 0 aliphatic heterocycles. The van der Waals surface area contributed by atoms with E-state index in [1.165, 1.54) is 23.1 Å². The summed E-state index contributed by atoms with van der Waals surface area (Å²) in [6.07, 6.45) is 0.413. The van der Waals surface area contributed by atoms with Crippen LogP contribution < -0.4 is 4.74 Å². The molecule has 0 heterocycles. The van der Waals surface area contributed by atoms with Gasteiger partial charge in [0, 0.05) is 19.7 Å². The lowest BCUT2D eigenvalue weighted by Crippen LogP contribution is -2.28. The Hall–Kier alpha value is -2.14. The van der Waals surface area contributed by atoms with E-state index >= 15 is 0 Å². The van der Waals surface area contributed by atoms with Crippen LogP contribution in [0.5, 0.6) is 5.75 Å². The SMILES string of the molecule is CN(CCC#N)C(=O)CCOc1cc([N+](=O)[O-])ccc1Br. The first-order valence-corrected chi connectivity index (χ1v) is 6.92. The van der Waals surface area contributed by atoms with E-state index in [2.05, 4.69) is 15.9 Å². The largest absolute Gasteiger partial charge is 0.492 e. The maximum atomic E-state index is 11.7. The predicted octanol–water partition coefficient (Wildman–Crippen LogP) is 2.50. The highest BCUT2D eigenvalue weighted by atomic mass is 79.9. The number of carbonyl (C=O) groups excluding carboxylic acids is 1. The molecule has 0 fully saturated rings. The summed E-state index contributed by atoms with van der Waals surface area (Å²) in [4.78, 5) is 23.3. The van der Waals surface area contributed by atoms with Crippen LogP contribution in [-0.4, -0.2) is 35.9 Å². The van der Waals surface area contributed by atoms with Crippen molar-refractivity contribution < 1.29 is 14.5 Å². The Bertz CT molecular complexity index is 571. The number of benzene rings is 1. The first-order chi connectivity index (χ1) is 9.95. The van der Waals surface area contributed by atoms with E-state index in [1.54, 1.807) is 7.05 Å². The summed E-state index contributed by atoms with van der Waals surface area (Å²) in [5.74, 6) is 0.170. The third kappa shape index (κ3) is 5.39. The standard InChI is InChI=1S/C13H14BrN3O4/c1-16(7-2-6-15)13(18)5-8-21-12-9-10(17(19)20)3-4-11(12)14/h3-4,9H,2,5,7-8H2,1H3. The minimum absolute atomic E-state index is 0.0781. The molecule has 112 valence electrons. The molecule has 0 aliphatic carbocycles. The van der Waals surface area contributed by atoms with E-state index in [-0.39, 0.29) is 31.0 Å². The van der Waals surface area contributed by atoms with Gasteiger partial charge in [0.1, 0.15) is 5.75 Å². The molecule has 0 aromatic heterocycles. The van der Waals surface area contributed by atoms with Crippen LogP contribution >= 0.6 is 15.9 Å². The van der Waals surface area contributed by atoms with Crippen molar-refractivity contribution in [2.45, 2.75) is 12.8 Å². The number of nitriles is 1. The quantitative estimate of drug-likeness (QED) is 0.552. The monoisotopic (exact) mass is 355 g/mol. The van der Waals surface area contributed by atoms with Gasteiger partial charge >= 0.3 is 0 Å². The van der Waals surface area contributed by atoms with Crippen molar-refractivity contribution in [1.82, 2.24) is 4.90 Å². The maximum Gasteiger partial charge on any atom is 0.273 e. The first kappa shape index (κ1) is 16.9. The molecule has 1 amide bonds. The van der Waals surface area contributed by atoms with Crippen molar-refractivity contribution in [1.29, 1.82) is 5.26 Å². The lowest BCUT2D eigenvalue weighted by atomic mass is 10.3. The second kappa shape index (κ2) is 8.21. The molecule has 0 spiro atoms. The number of amides is 1. The summed E-state index contributed by atoms with van der Waals surface area (Å²) in [6, 6.07) is 6.15. The molecule has 1 aromatic rings. The molecule has 0 unspecified atom stereocenters. The minimum atomic E-state index is -0.514. The number of nitro benzene ring substituents is 1. The summed E-state index contributed by atoms with van der Waals surface area (Å²) in [7, 11) is 1.61. The summed E-state index contributed by atoms with van der Waals surface area (Å²) >= 11 is 3.23. The minimum Gasteiger partial charge on any atom is -0.492 e. The zero-order chi connectivity index (χ0) is 15.8. The highest BCUT2D eigenvalue weighted by molar-refractivity contribution is 9.10. The maximum absolute atomic E-state index is 11.7. The topological polar surface area (TPSA) is 96.5 Å². The van der Waals surface area contributed by atoms with Gasteiger partial charge in [-0.1, -0.05) is 0 Å². The van der Waals surface area contributed by atoms with E-state index in [9.17, 15) is 14.9 Å². The van der Waals surface area contributed by atoms with Gasteiger partial charge < -0.3 is 9.64 Å². The Morgan fingerprint density at radius 1 is 1.57 bits per heavy atom. The van der Waals surface area contributed by atoms with Gasteiger partial charge in [-0.05, 0) is 22.0 Å². The lowest BCUT2D eigenvalue weighted by molar-refractivity contribution is -0.385. The number of carbonyl (C=O) groups is 1. The van der Waals surface area contributed by atoms with Crippen LogP contribution in [0, 0.1) is 21.4 Å². The van der Waals surface area contributed by atoms with Gasteiger partial charge in [-0.2, -0.15) is 5.26 Å². The summed E-state index contributed by atoms with van der Waals surface area (Å²) in [5.41, 5.74) is -0.0781. The fourth-order valence-corrected chi connectivity index (χ4v) is 1.86. The van der Waals surface area contributed by atoms with E-state index < -0.39 is 4.92 Å². The van der Waals surface area contributed by atoms with E-state index in [4.69, 9.17) is 10.00 Å². The number of hydrogen-bond donors (Lipinski definition) is 0. The number of hydrogen-bond acceptors (Lipinski definition) is 5. The Labute approximate surface area is 130 Å². The van der Waals surface area contributed by atoms with Crippen molar-refractivity contribution in [2.75, 3.05) is 20.2 Å². The molecule has 0 aliphatic rings. The Balaban J connectivity index is 2.52. The number of rotatable bonds is 7. The molecule has 0 N–H and O–H groups in total. The van der Waals surface area contributed by atoms with Crippen molar-refractivity contribution in [3.63, 3.8) is 0 Å². The zero-order valence-electron chi connectivity index (χ0n) is 11.4. The van der Waals surface area contributed by atoms with Gasteiger partial charge in [-0.25, -0.2) is 0 Å². The van der Waals surface area contributed by atoms with E-state index in [0.717, 1.165) is 0 Å². The average molecular weight is 356 g/mol. The number of halogens is 1. The molecule has 0 saturated heterocycles. The molecule has 8 heteroatoms. The second-order valence-corrected chi connectivity index (χ2v) is 5.05. The first-order valence-electron chi connectivity index (χ1n) is 6.13. The van der Waals surface area contributed by atoms with Crippen molar-refractivity contribution in [2.24, 2.45) is 0 Å². The van der Waals surface area contributed by atoms with Crippen molar-refractivity contribution in [3.05, 3.63) is 32.8 Å². The summed E-state index contributed by atoms with van der Waals surface area (Å²) in [6.45, 7) is 0.478. The van der Waals surface area contributed by atoms with Gasteiger partial charge in [-0.3, -0.25) is 14.9 Å². The van der Waals surface area contributed by atoms with Crippen LogP contribution in [0.15, 0.2) is 22.7 Å². The van der Waals surface area contributed by atoms with Gasteiger partial charge in [0.2, 0.25) is 5.91 Å².